The minimum atomic E-state index is -0.196. The highest BCUT2D eigenvalue weighted by molar-refractivity contribution is 5.90. The summed E-state index contributed by atoms with van der Waals surface area (Å²) in [5.41, 5.74) is 21.1. The minimum absolute atomic E-state index is 0.117. The number of rotatable bonds is 32. The fourth-order valence-electron chi connectivity index (χ4n) is 19.2. The predicted octanol–water partition coefficient (Wildman–Crippen LogP) is 27.7. The lowest BCUT2D eigenvalue weighted by Gasteiger charge is -2.29. The number of fused-ring (bicyclic) bond motifs is 8. The smallest absolute Gasteiger partial charge is 0.130 e. The van der Waals surface area contributed by atoms with Gasteiger partial charge in [-0.1, -0.05) is 250 Å². The molecule has 0 amide bonds. The molecule has 8 bridgehead atoms. The van der Waals surface area contributed by atoms with Gasteiger partial charge in [0.05, 0.1) is 67.8 Å². The van der Waals surface area contributed by atoms with E-state index in [2.05, 4.69) is 47.6 Å². The normalized spacial score (nSPS) is 11.9. The lowest BCUT2D eigenvalue weighted by molar-refractivity contribution is 0.436. The largest absolute Gasteiger partial charge is 0.507 e. The number of aromatic nitrogens is 8. The molecular weight excluding hydrogens is 1630 g/mol. The van der Waals surface area contributed by atoms with Gasteiger partial charge in [-0.25, -0.2) is 0 Å². The molecule has 0 radical (unpaired) electrons. The molecule has 8 heterocycles. The van der Waals surface area contributed by atoms with Gasteiger partial charge in [-0.15, -0.1) is 0 Å². The molecular formula is C116H112N8O8. The first-order valence-corrected chi connectivity index (χ1v) is 47.0. The first kappa shape index (κ1) is 89.3. The molecule has 0 aliphatic heterocycles. The number of aromatic hydroxyl groups is 8. The molecule has 0 unspecified atom stereocenters. The maximum absolute atomic E-state index is 14.2. The maximum Gasteiger partial charge on any atom is 0.130 e. The van der Waals surface area contributed by atoms with Gasteiger partial charge in [-0.3, -0.25) is 39.9 Å². The molecule has 1 aliphatic rings. The Bertz CT molecular complexity index is 5760. The van der Waals surface area contributed by atoms with Crippen LogP contribution in [-0.4, -0.2) is 80.7 Å². The second kappa shape index (κ2) is 41.4. The van der Waals surface area contributed by atoms with Crippen molar-refractivity contribution in [2.24, 2.45) is 0 Å². The molecule has 0 saturated heterocycles. The Morgan fingerprint density at radius 3 is 0.515 bits per heavy atom. The zero-order valence-corrected chi connectivity index (χ0v) is 75.5. The number of benzene rings is 8. The molecule has 16 heteroatoms. The Kier molecular flexibility index (Phi) is 28.0. The summed E-state index contributed by atoms with van der Waals surface area (Å²) in [5, 5.41) is 114. The van der Waals surface area contributed by atoms with Gasteiger partial charge in [0.2, 0.25) is 0 Å². The van der Waals surface area contributed by atoms with Gasteiger partial charge in [-0.2, -0.15) is 0 Å². The molecule has 8 aromatic carbocycles. The monoisotopic (exact) mass is 1740 g/mol. The zero-order valence-electron chi connectivity index (χ0n) is 75.5. The minimum Gasteiger partial charge on any atom is -0.507 e. The molecule has 17 rings (SSSR count). The Morgan fingerprint density at radius 1 is 0.182 bits per heavy atom. The highest BCUT2D eigenvalue weighted by atomic mass is 16.3. The lowest BCUT2D eigenvalue weighted by Crippen LogP contribution is -2.13. The quantitative estimate of drug-likeness (QED) is 0.0182. The lowest BCUT2D eigenvalue weighted by atomic mass is 9.77. The summed E-state index contributed by atoms with van der Waals surface area (Å²) in [6, 6.07) is 69.5. The van der Waals surface area contributed by atoms with Gasteiger partial charge in [0.25, 0.3) is 0 Å². The van der Waals surface area contributed by atoms with Gasteiger partial charge in [0.15, 0.2) is 0 Å². The van der Waals surface area contributed by atoms with Crippen molar-refractivity contribution in [3.8, 4) is 181 Å². The SMILES string of the molecule is CCCCCCc1c2c(O)c(-c3ccc(-c4ccc(-c5ccccn5)nc4)cc3)c(O)c1Cc1c(O)c(-c3ccc(-c4ccc(-c5ccccn5)nc4)cc3)c(O)c(c1CCCCCC)Cc1c(O)c(-c3ccc(-c4ccc(-c5ccccn5)nc4)cc3)c(O)c(c1CCCCCC)Cc1c(O)c(-c3ccc(-c4ccc(-c5ccccn5)nc4)cc3)c(O)c(c1CCCCCC)C2. The molecule has 16 nitrogen and oxygen atoms in total. The molecule has 16 aromatic rings. The summed E-state index contributed by atoms with van der Waals surface area (Å²) in [7, 11) is 0. The Labute approximate surface area is 773 Å². The molecule has 0 atom stereocenters. The Balaban J connectivity index is 0.949. The fourth-order valence-corrected chi connectivity index (χ4v) is 19.2. The summed E-state index contributed by atoms with van der Waals surface area (Å²) < 4.78 is 0. The number of hydrogen-bond acceptors (Lipinski definition) is 16. The van der Waals surface area contributed by atoms with E-state index < -0.39 is 0 Å². The van der Waals surface area contributed by atoms with Crippen molar-refractivity contribution in [1.29, 1.82) is 0 Å². The maximum atomic E-state index is 14.2. The van der Waals surface area contributed by atoms with E-state index in [1.807, 2.05) is 243 Å². The number of unbranched alkanes of at least 4 members (excludes halogenated alkanes) is 12. The Morgan fingerprint density at radius 2 is 0.356 bits per heavy atom. The Hall–Kier alpha value is -14.6. The molecule has 1 aliphatic carbocycles. The van der Waals surface area contributed by atoms with Crippen molar-refractivity contribution >= 4 is 0 Å². The van der Waals surface area contributed by atoms with E-state index in [0.717, 1.165) is 144 Å². The van der Waals surface area contributed by atoms with Gasteiger partial charge in [-0.05, 0) is 191 Å². The van der Waals surface area contributed by atoms with Crippen LogP contribution < -0.4 is 0 Å². The van der Waals surface area contributed by atoms with Crippen LogP contribution in [0.15, 0.2) is 268 Å². The highest BCUT2D eigenvalue weighted by Crippen LogP contribution is 2.57. The average Bonchev–Trinajstić information content (AvgIpc) is 0.727. The van der Waals surface area contributed by atoms with E-state index in [4.69, 9.17) is 19.9 Å². The molecule has 0 fully saturated rings. The van der Waals surface area contributed by atoms with Crippen LogP contribution in [0.4, 0.5) is 0 Å². The van der Waals surface area contributed by atoms with Crippen LogP contribution in [0.25, 0.3) is 135 Å². The van der Waals surface area contributed by atoms with E-state index in [9.17, 15) is 40.9 Å². The van der Waals surface area contributed by atoms with Crippen LogP contribution in [0, 0.1) is 0 Å². The summed E-state index contributed by atoms with van der Waals surface area (Å²) in [5.74, 6) is -1.57. The van der Waals surface area contributed by atoms with E-state index in [1.165, 1.54) is 0 Å². The van der Waals surface area contributed by atoms with Crippen LogP contribution in [0.5, 0.6) is 46.0 Å². The summed E-state index contributed by atoms with van der Waals surface area (Å²) in [6.07, 6.45) is 28.2. The summed E-state index contributed by atoms with van der Waals surface area (Å²) in [4.78, 5) is 37.6. The molecule has 8 aromatic heterocycles. The molecule has 0 spiro atoms. The van der Waals surface area contributed by atoms with Gasteiger partial charge >= 0.3 is 0 Å². The highest BCUT2D eigenvalue weighted by Gasteiger charge is 2.36. The predicted molar refractivity (Wildman–Crippen MR) is 529 cm³/mol. The van der Waals surface area contributed by atoms with Crippen LogP contribution in [-0.2, 0) is 51.4 Å². The fraction of sp³-hybridized carbons (Fsp3) is 0.241. The zero-order chi connectivity index (χ0) is 91.1. The van der Waals surface area contributed by atoms with Crippen LogP contribution in [0.1, 0.15) is 197 Å². The van der Waals surface area contributed by atoms with Crippen molar-refractivity contribution < 1.29 is 40.9 Å². The number of hydrogen-bond donors (Lipinski definition) is 8. The third-order valence-corrected chi connectivity index (χ3v) is 26.4. The van der Waals surface area contributed by atoms with Crippen molar-refractivity contribution in [2.75, 3.05) is 0 Å². The second-order valence-corrected chi connectivity index (χ2v) is 34.9. The van der Waals surface area contributed by atoms with Crippen LogP contribution in [0.2, 0.25) is 0 Å². The second-order valence-electron chi connectivity index (χ2n) is 34.9. The first-order valence-electron chi connectivity index (χ1n) is 47.0. The van der Waals surface area contributed by atoms with Crippen LogP contribution in [0.3, 0.4) is 0 Å². The van der Waals surface area contributed by atoms with E-state index in [1.54, 1.807) is 24.8 Å². The molecule has 664 valence electrons. The van der Waals surface area contributed by atoms with Crippen LogP contribution >= 0.6 is 0 Å². The number of pyridine rings is 8. The van der Waals surface area contributed by atoms with Crippen molar-refractivity contribution in [3.05, 3.63) is 335 Å². The third-order valence-electron chi connectivity index (χ3n) is 26.4. The topological polar surface area (TPSA) is 265 Å². The number of phenols is 8. The summed E-state index contributed by atoms with van der Waals surface area (Å²) >= 11 is 0. The van der Waals surface area contributed by atoms with Gasteiger partial charge in [0.1, 0.15) is 46.0 Å². The van der Waals surface area contributed by atoms with E-state index in [0.29, 0.717) is 163 Å². The standard InChI is InChI=1S/C116H112N8O8/c1-5-9-13-17-29-85-89-65-91-86(30-18-14-10-6-2)93(113(129)106(111(91)127)78-47-39-74(40-48-78)82-54-58-102(122-70-82)98-34-22-26-62-118-98)67-95-88(32-20-16-12-8-4)96(116(132)108(115(95)131)80-51-43-76(44-52-80)84-56-60-104(124-72-84)100-36-24-28-64-120-100)68-94-87(31-19-15-11-7-3)92(112(128)107(114(94)130)79-49-41-75(42-50-79)83-55-59-103(123-71-83)99-35-23-27-63-119-99)66-90(85)110(126)105(109(89)125)77-45-37-73(38-46-77)81-53-57-101(121-69-81)97-33-21-25-61-117-97/h21-28,33-64,69-72,125-132H,5-20,29-32,65-68H2,1-4H3. The van der Waals surface area contributed by atoms with Crippen molar-refractivity contribution in [3.63, 3.8) is 0 Å². The summed E-state index contributed by atoms with van der Waals surface area (Å²) in [6.45, 7) is 8.66. The molecule has 132 heavy (non-hydrogen) atoms. The van der Waals surface area contributed by atoms with Gasteiger partial charge in [0, 0.05) is 142 Å². The number of nitrogens with zero attached hydrogens (tertiary/aromatic N) is 8. The first-order chi connectivity index (χ1) is 64.7. The molecule has 0 saturated carbocycles. The van der Waals surface area contributed by atoms with E-state index in [-0.39, 0.29) is 93.9 Å². The van der Waals surface area contributed by atoms with Crippen molar-refractivity contribution in [2.45, 2.75) is 182 Å². The van der Waals surface area contributed by atoms with Gasteiger partial charge < -0.3 is 40.9 Å². The average molecular weight is 1750 g/mol. The number of phenolic OH excluding ortho intramolecular Hbond substituents is 8. The van der Waals surface area contributed by atoms with E-state index >= 15 is 0 Å². The molecule has 8 N–H and O–H groups in total. The van der Waals surface area contributed by atoms with Crippen molar-refractivity contribution in [1.82, 2.24) is 39.9 Å². The third kappa shape index (κ3) is 19.1.